The maximum absolute atomic E-state index is 9.90. The molecule has 0 bridgehead atoms. The minimum absolute atomic E-state index is 0.0135. The van der Waals surface area contributed by atoms with E-state index in [0.717, 1.165) is 37.0 Å². The van der Waals surface area contributed by atoms with Crippen LogP contribution in [0.15, 0.2) is 24.3 Å². The molecule has 0 spiro atoms. The van der Waals surface area contributed by atoms with Gasteiger partial charge in [-0.2, -0.15) is 5.26 Å². The van der Waals surface area contributed by atoms with Crippen molar-refractivity contribution in [3.63, 3.8) is 0 Å². The van der Waals surface area contributed by atoms with E-state index in [4.69, 9.17) is 0 Å². The second-order valence-electron chi connectivity index (χ2n) is 11.8. The maximum atomic E-state index is 9.90. The summed E-state index contributed by atoms with van der Waals surface area (Å²) in [7, 11) is 0. The summed E-state index contributed by atoms with van der Waals surface area (Å²) in [6.45, 7) is 6.88. The zero-order valence-electron chi connectivity index (χ0n) is 22.1. The van der Waals surface area contributed by atoms with Crippen LogP contribution in [-0.4, -0.2) is 0 Å². The minimum atomic E-state index is -0.0135. The molecule has 1 atom stereocenters. The van der Waals surface area contributed by atoms with E-state index in [9.17, 15) is 5.26 Å². The number of benzene rings is 1. The van der Waals surface area contributed by atoms with Gasteiger partial charge in [-0.25, -0.2) is 0 Å². The third kappa shape index (κ3) is 7.87. The lowest BCUT2D eigenvalue weighted by atomic mass is 9.62. The molecule has 1 heteroatoms. The Morgan fingerprint density at radius 1 is 0.848 bits per heavy atom. The number of nitriles is 1. The van der Waals surface area contributed by atoms with Gasteiger partial charge in [0.2, 0.25) is 0 Å². The molecule has 0 saturated heterocycles. The van der Waals surface area contributed by atoms with Crippen molar-refractivity contribution in [1.29, 1.82) is 5.26 Å². The number of nitrogens with zero attached hydrogens (tertiary/aromatic N) is 1. The average molecular weight is 450 g/mol. The third-order valence-corrected chi connectivity index (χ3v) is 9.37. The zero-order chi connectivity index (χ0) is 23.5. The van der Waals surface area contributed by atoms with E-state index in [1.807, 2.05) is 0 Å². The van der Waals surface area contributed by atoms with Crippen molar-refractivity contribution in [2.75, 3.05) is 0 Å². The van der Waals surface area contributed by atoms with Gasteiger partial charge in [-0.3, -0.25) is 0 Å². The predicted molar refractivity (Wildman–Crippen MR) is 142 cm³/mol. The van der Waals surface area contributed by atoms with Gasteiger partial charge >= 0.3 is 0 Å². The van der Waals surface area contributed by atoms with Gasteiger partial charge in [0, 0.05) is 0 Å². The van der Waals surface area contributed by atoms with E-state index < -0.39 is 0 Å². The average Bonchev–Trinajstić information content (AvgIpc) is 2.87. The fraction of sp³-hybridized carbons (Fsp3) is 0.781. The second-order valence-corrected chi connectivity index (χ2v) is 11.8. The Kier molecular flexibility index (Phi) is 10.8. The van der Waals surface area contributed by atoms with Gasteiger partial charge in [0.25, 0.3) is 0 Å². The molecule has 2 aliphatic rings. The molecule has 0 amide bonds. The van der Waals surface area contributed by atoms with Crippen LogP contribution in [0.2, 0.25) is 0 Å². The summed E-state index contributed by atoms with van der Waals surface area (Å²) in [5, 5.41) is 9.90. The fourth-order valence-corrected chi connectivity index (χ4v) is 6.83. The van der Waals surface area contributed by atoms with Crippen molar-refractivity contribution in [2.45, 2.75) is 136 Å². The molecule has 0 radical (unpaired) electrons. The molecule has 33 heavy (non-hydrogen) atoms. The summed E-state index contributed by atoms with van der Waals surface area (Å²) < 4.78 is 0. The lowest BCUT2D eigenvalue weighted by Crippen LogP contribution is -2.32. The second kappa shape index (κ2) is 13.6. The summed E-state index contributed by atoms with van der Waals surface area (Å²) >= 11 is 0. The highest BCUT2D eigenvalue weighted by Gasteiger charge is 2.39. The lowest BCUT2D eigenvalue weighted by Gasteiger charge is -2.41. The van der Waals surface area contributed by atoms with Crippen LogP contribution in [0.3, 0.4) is 0 Å². The summed E-state index contributed by atoms with van der Waals surface area (Å²) in [6.07, 6.45) is 22.3. The van der Waals surface area contributed by atoms with E-state index in [1.165, 1.54) is 95.5 Å². The number of unbranched alkanes of at least 4 members (excludes halogenated alkanes) is 5. The lowest BCUT2D eigenvalue weighted by molar-refractivity contribution is 0.116. The molecular formula is C32H51N. The molecule has 2 aliphatic carbocycles. The van der Waals surface area contributed by atoms with Crippen molar-refractivity contribution in [1.82, 2.24) is 0 Å². The highest BCUT2D eigenvalue weighted by atomic mass is 14.5. The Hall–Kier alpha value is -1.29. The Labute approximate surface area is 205 Å². The molecule has 0 heterocycles. The number of hydrogen-bond acceptors (Lipinski definition) is 1. The fourth-order valence-electron chi connectivity index (χ4n) is 6.83. The largest absolute Gasteiger partial charge is 0.198 e. The first-order chi connectivity index (χ1) is 16.1. The van der Waals surface area contributed by atoms with Crippen molar-refractivity contribution in [3.05, 3.63) is 35.4 Å². The first kappa shape index (κ1) is 26.3. The number of rotatable bonds is 12. The highest BCUT2D eigenvalue weighted by molar-refractivity contribution is 5.26. The molecule has 3 rings (SSSR count). The Bertz CT molecular complexity index is 695. The normalized spacial score (nSPS) is 28.8. The highest BCUT2D eigenvalue weighted by Crippen LogP contribution is 2.49. The SMILES string of the molecule is CCCCCCCCc1ccc(C2CCC(C3CCC(C#N)(CC(C)CC)CC3)CC2)cc1. The van der Waals surface area contributed by atoms with Crippen LogP contribution in [0.4, 0.5) is 0 Å². The van der Waals surface area contributed by atoms with Gasteiger partial charge in [0.1, 0.15) is 0 Å². The first-order valence-electron chi connectivity index (χ1n) is 14.6. The summed E-state index contributed by atoms with van der Waals surface area (Å²) in [4.78, 5) is 0. The van der Waals surface area contributed by atoms with Crippen molar-refractivity contribution >= 4 is 0 Å². The smallest absolute Gasteiger partial charge is 0.0689 e. The van der Waals surface area contributed by atoms with E-state index >= 15 is 0 Å². The van der Waals surface area contributed by atoms with Crippen LogP contribution < -0.4 is 0 Å². The van der Waals surface area contributed by atoms with Crippen LogP contribution >= 0.6 is 0 Å². The number of hydrogen-bond donors (Lipinski definition) is 0. The van der Waals surface area contributed by atoms with Crippen molar-refractivity contribution in [3.8, 4) is 6.07 Å². The predicted octanol–water partition coefficient (Wildman–Crippen LogP) is 10.00. The summed E-state index contributed by atoms with van der Waals surface area (Å²) in [5.41, 5.74) is 3.10. The van der Waals surface area contributed by atoms with Crippen molar-refractivity contribution < 1.29 is 0 Å². The molecule has 2 saturated carbocycles. The Morgan fingerprint density at radius 2 is 1.45 bits per heavy atom. The molecule has 1 aromatic carbocycles. The first-order valence-corrected chi connectivity index (χ1v) is 14.6. The van der Waals surface area contributed by atoms with Crippen LogP contribution in [0.25, 0.3) is 0 Å². The monoisotopic (exact) mass is 449 g/mol. The topological polar surface area (TPSA) is 23.8 Å². The van der Waals surface area contributed by atoms with Crippen molar-refractivity contribution in [2.24, 2.45) is 23.2 Å². The van der Waals surface area contributed by atoms with E-state index in [0.29, 0.717) is 5.92 Å². The van der Waals surface area contributed by atoms with Crippen LogP contribution in [-0.2, 0) is 6.42 Å². The minimum Gasteiger partial charge on any atom is -0.198 e. The Balaban J connectivity index is 1.39. The molecule has 1 unspecified atom stereocenters. The molecule has 0 N–H and O–H groups in total. The van der Waals surface area contributed by atoms with Gasteiger partial charge < -0.3 is 0 Å². The maximum Gasteiger partial charge on any atom is 0.0689 e. The molecule has 1 nitrogen and oxygen atoms in total. The zero-order valence-corrected chi connectivity index (χ0v) is 22.1. The van der Waals surface area contributed by atoms with Crippen LogP contribution in [0.5, 0.6) is 0 Å². The number of aryl methyl sites for hydroxylation is 1. The van der Waals surface area contributed by atoms with Crippen LogP contribution in [0, 0.1) is 34.5 Å². The van der Waals surface area contributed by atoms with Gasteiger partial charge in [0.15, 0.2) is 0 Å². The Morgan fingerprint density at radius 3 is 2.06 bits per heavy atom. The molecule has 2 fully saturated rings. The molecule has 184 valence electrons. The van der Waals surface area contributed by atoms with E-state index in [1.54, 1.807) is 5.56 Å². The summed E-state index contributed by atoms with van der Waals surface area (Å²) in [5.74, 6) is 3.25. The van der Waals surface area contributed by atoms with Gasteiger partial charge in [-0.15, -0.1) is 0 Å². The van der Waals surface area contributed by atoms with Gasteiger partial charge in [0.05, 0.1) is 11.5 Å². The van der Waals surface area contributed by atoms with E-state index in [-0.39, 0.29) is 5.41 Å². The third-order valence-electron chi connectivity index (χ3n) is 9.37. The quantitative estimate of drug-likeness (QED) is 0.291. The molecular weight excluding hydrogens is 398 g/mol. The molecule has 0 aliphatic heterocycles. The molecule has 0 aromatic heterocycles. The van der Waals surface area contributed by atoms with Crippen LogP contribution in [0.1, 0.15) is 141 Å². The van der Waals surface area contributed by atoms with E-state index in [2.05, 4.69) is 51.1 Å². The van der Waals surface area contributed by atoms with Gasteiger partial charge in [-0.05, 0) is 105 Å². The molecule has 1 aromatic rings. The summed E-state index contributed by atoms with van der Waals surface area (Å²) in [6, 6.07) is 12.5. The van der Waals surface area contributed by atoms with Gasteiger partial charge in [-0.1, -0.05) is 83.6 Å². The standard InChI is InChI=1S/C32H51N/c1-4-6-7-8-9-10-11-27-12-14-28(15-13-27)29-16-18-30(19-17-29)31-20-22-32(25-33,23-21-31)24-26(3)5-2/h12-15,26,29-31H,4-11,16-24H2,1-3H3.